The zero-order valence-corrected chi connectivity index (χ0v) is 15.6. The summed E-state index contributed by atoms with van der Waals surface area (Å²) in [4.78, 5) is 8.79. The molecule has 0 saturated carbocycles. The number of hydrogen-bond acceptors (Lipinski definition) is 4. The average molecular weight is 352 g/mol. The minimum Gasteiger partial charge on any atom is -0.332 e. The number of rotatable bonds is 9. The molecule has 0 atom stereocenters. The van der Waals surface area contributed by atoms with Crippen molar-refractivity contribution >= 4 is 22.2 Å². The molecule has 25 heavy (non-hydrogen) atoms. The van der Waals surface area contributed by atoms with E-state index in [1.54, 1.807) is 17.5 Å². The van der Waals surface area contributed by atoms with Gasteiger partial charge in [0.1, 0.15) is 0 Å². The summed E-state index contributed by atoms with van der Waals surface area (Å²) < 4.78 is 0. The molecular formula is C21H25N3S. The first-order valence-electron chi connectivity index (χ1n) is 9.07. The van der Waals surface area contributed by atoms with E-state index in [-0.39, 0.29) is 0 Å². The summed E-state index contributed by atoms with van der Waals surface area (Å²) in [6.07, 6.45) is 11.4. The van der Waals surface area contributed by atoms with Crippen LogP contribution in [0.5, 0.6) is 0 Å². The van der Waals surface area contributed by atoms with Crippen LogP contribution in [0, 0.1) is 0 Å². The Labute approximate surface area is 154 Å². The van der Waals surface area contributed by atoms with Gasteiger partial charge in [-0.05, 0) is 42.7 Å². The highest BCUT2D eigenvalue weighted by molar-refractivity contribution is 7.14. The fourth-order valence-corrected chi connectivity index (χ4v) is 3.53. The van der Waals surface area contributed by atoms with Gasteiger partial charge in [-0.2, -0.15) is 0 Å². The van der Waals surface area contributed by atoms with E-state index in [2.05, 4.69) is 51.9 Å². The predicted octanol–water partition coefficient (Wildman–Crippen LogP) is 6.46. The molecule has 3 rings (SSSR count). The largest absolute Gasteiger partial charge is 0.332 e. The molecule has 3 aromatic rings. The summed E-state index contributed by atoms with van der Waals surface area (Å²) in [5, 5.41) is 6.36. The second-order valence-electron chi connectivity index (χ2n) is 6.27. The van der Waals surface area contributed by atoms with Gasteiger partial charge < -0.3 is 5.32 Å². The lowest BCUT2D eigenvalue weighted by molar-refractivity contribution is 0.632. The second-order valence-corrected chi connectivity index (χ2v) is 7.12. The van der Waals surface area contributed by atoms with Crippen molar-refractivity contribution in [2.45, 2.75) is 45.4 Å². The minimum absolute atomic E-state index is 0.908. The van der Waals surface area contributed by atoms with Gasteiger partial charge in [-0.15, -0.1) is 11.3 Å². The van der Waals surface area contributed by atoms with Crippen molar-refractivity contribution in [2.24, 2.45) is 0 Å². The van der Waals surface area contributed by atoms with Crippen molar-refractivity contribution in [3.8, 4) is 11.3 Å². The summed E-state index contributed by atoms with van der Waals surface area (Å²) in [6.45, 7) is 2.26. The molecule has 0 aliphatic carbocycles. The van der Waals surface area contributed by atoms with Gasteiger partial charge in [-0.3, -0.25) is 4.98 Å². The molecule has 0 amide bonds. The van der Waals surface area contributed by atoms with Gasteiger partial charge in [0.2, 0.25) is 0 Å². The number of unbranched alkanes of at least 4 members (excludes halogenated alkanes) is 4. The van der Waals surface area contributed by atoms with Crippen LogP contribution in [0.4, 0.5) is 10.8 Å². The molecule has 0 aliphatic heterocycles. The Balaban J connectivity index is 1.52. The van der Waals surface area contributed by atoms with Crippen LogP contribution in [-0.2, 0) is 6.42 Å². The Hall–Kier alpha value is -2.20. The van der Waals surface area contributed by atoms with E-state index in [1.807, 2.05) is 18.3 Å². The van der Waals surface area contributed by atoms with Gasteiger partial charge in [0.25, 0.3) is 0 Å². The first-order valence-corrected chi connectivity index (χ1v) is 9.95. The SMILES string of the molecule is CCCCCCCc1ccc(Nc2nc(-c3cccnc3)cs2)cc1. The maximum absolute atomic E-state index is 4.64. The first-order chi connectivity index (χ1) is 12.3. The molecule has 0 aliphatic rings. The highest BCUT2D eigenvalue weighted by Gasteiger charge is 2.05. The summed E-state index contributed by atoms with van der Waals surface area (Å²) in [5.74, 6) is 0. The van der Waals surface area contributed by atoms with Crippen LogP contribution >= 0.6 is 11.3 Å². The Morgan fingerprint density at radius 1 is 1.00 bits per heavy atom. The fourth-order valence-electron chi connectivity index (χ4n) is 2.79. The Kier molecular flexibility index (Phi) is 6.57. The molecule has 1 aromatic carbocycles. The predicted molar refractivity (Wildman–Crippen MR) is 108 cm³/mol. The third-order valence-electron chi connectivity index (χ3n) is 4.24. The maximum atomic E-state index is 4.64. The normalized spacial score (nSPS) is 10.8. The van der Waals surface area contributed by atoms with E-state index < -0.39 is 0 Å². The van der Waals surface area contributed by atoms with Crippen molar-refractivity contribution in [1.29, 1.82) is 0 Å². The van der Waals surface area contributed by atoms with Gasteiger partial charge in [-0.25, -0.2) is 4.98 Å². The molecule has 2 heterocycles. The van der Waals surface area contributed by atoms with E-state index in [0.29, 0.717) is 0 Å². The van der Waals surface area contributed by atoms with Crippen molar-refractivity contribution < 1.29 is 0 Å². The number of pyridine rings is 1. The van der Waals surface area contributed by atoms with Gasteiger partial charge in [0.15, 0.2) is 5.13 Å². The number of nitrogens with zero attached hydrogens (tertiary/aromatic N) is 2. The van der Waals surface area contributed by atoms with E-state index in [4.69, 9.17) is 0 Å². The highest BCUT2D eigenvalue weighted by atomic mass is 32.1. The van der Waals surface area contributed by atoms with Crippen LogP contribution in [-0.4, -0.2) is 9.97 Å². The van der Waals surface area contributed by atoms with E-state index in [1.165, 1.54) is 44.1 Å². The molecule has 0 bridgehead atoms. The number of nitrogens with one attached hydrogen (secondary N) is 1. The van der Waals surface area contributed by atoms with E-state index in [0.717, 1.165) is 22.1 Å². The van der Waals surface area contributed by atoms with Crippen LogP contribution in [0.2, 0.25) is 0 Å². The zero-order chi connectivity index (χ0) is 17.3. The van der Waals surface area contributed by atoms with Gasteiger partial charge in [0, 0.05) is 29.0 Å². The lowest BCUT2D eigenvalue weighted by Gasteiger charge is -2.05. The topological polar surface area (TPSA) is 37.8 Å². The Morgan fingerprint density at radius 2 is 1.84 bits per heavy atom. The first kappa shape index (κ1) is 17.6. The second kappa shape index (κ2) is 9.33. The smallest absolute Gasteiger partial charge is 0.187 e. The number of thiazole rings is 1. The molecule has 4 heteroatoms. The van der Waals surface area contributed by atoms with Gasteiger partial charge in [0.05, 0.1) is 5.69 Å². The number of anilines is 2. The molecule has 0 unspecified atom stereocenters. The Bertz CT molecular complexity index is 750. The van der Waals surface area contributed by atoms with E-state index in [9.17, 15) is 0 Å². The monoisotopic (exact) mass is 351 g/mol. The molecule has 1 N–H and O–H groups in total. The minimum atomic E-state index is 0.908. The van der Waals surface area contributed by atoms with Crippen LogP contribution in [0.15, 0.2) is 54.2 Å². The molecule has 3 nitrogen and oxygen atoms in total. The van der Waals surface area contributed by atoms with Crippen LogP contribution in [0.3, 0.4) is 0 Å². The molecule has 0 saturated heterocycles. The third-order valence-corrected chi connectivity index (χ3v) is 4.99. The van der Waals surface area contributed by atoms with Crippen molar-refractivity contribution in [2.75, 3.05) is 5.32 Å². The third kappa shape index (κ3) is 5.40. The van der Waals surface area contributed by atoms with Crippen LogP contribution < -0.4 is 5.32 Å². The lowest BCUT2D eigenvalue weighted by Crippen LogP contribution is -1.91. The van der Waals surface area contributed by atoms with Crippen LogP contribution in [0.25, 0.3) is 11.3 Å². The molecule has 0 spiro atoms. The lowest BCUT2D eigenvalue weighted by atomic mass is 10.1. The molecule has 0 fully saturated rings. The van der Waals surface area contributed by atoms with Crippen LogP contribution in [0.1, 0.15) is 44.6 Å². The summed E-state index contributed by atoms with van der Waals surface area (Å²) in [7, 11) is 0. The van der Waals surface area contributed by atoms with Crippen molar-refractivity contribution in [3.05, 3.63) is 59.7 Å². The van der Waals surface area contributed by atoms with Gasteiger partial charge in [-0.1, -0.05) is 44.7 Å². The molecular weight excluding hydrogens is 326 g/mol. The average Bonchev–Trinajstić information content (AvgIpc) is 3.12. The van der Waals surface area contributed by atoms with Gasteiger partial charge >= 0.3 is 0 Å². The maximum Gasteiger partial charge on any atom is 0.187 e. The van der Waals surface area contributed by atoms with Crippen molar-refractivity contribution in [1.82, 2.24) is 9.97 Å². The summed E-state index contributed by atoms with van der Waals surface area (Å²) >= 11 is 1.61. The molecule has 2 aromatic heterocycles. The van der Waals surface area contributed by atoms with Crippen molar-refractivity contribution in [3.63, 3.8) is 0 Å². The summed E-state index contributed by atoms with van der Waals surface area (Å²) in [6, 6.07) is 12.7. The standard InChI is InChI=1S/C21H25N3S/c1-2-3-4-5-6-8-17-10-12-19(13-11-17)23-21-24-20(16-25-21)18-9-7-14-22-15-18/h7,9-16H,2-6,8H2,1H3,(H,23,24). The number of hydrogen-bond donors (Lipinski definition) is 1. The quantitative estimate of drug-likeness (QED) is 0.449. The highest BCUT2D eigenvalue weighted by Crippen LogP contribution is 2.26. The molecule has 0 radical (unpaired) electrons. The fraction of sp³-hybridized carbons (Fsp3) is 0.333. The summed E-state index contributed by atoms with van der Waals surface area (Å²) in [5.41, 5.74) is 4.51. The zero-order valence-electron chi connectivity index (χ0n) is 14.7. The number of aromatic nitrogens is 2. The number of aryl methyl sites for hydroxylation is 1. The van der Waals surface area contributed by atoms with E-state index >= 15 is 0 Å². The molecule has 130 valence electrons. The Morgan fingerprint density at radius 3 is 2.60 bits per heavy atom. The number of benzene rings is 1.